The summed E-state index contributed by atoms with van der Waals surface area (Å²) in [6.07, 6.45) is 12.1. The van der Waals surface area contributed by atoms with Gasteiger partial charge in [0.2, 0.25) is 5.91 Å². The predicted octanol–water partition coefficient (Wildman–Crippen LogP) is 3.00. The van der Waals surface area contributed by atoms with E-state index in [1.165, 1.54) is 51.4 Å². The molecule has 0 saturated heterocycles. The molecular formula is C15H30N2O. The van der Waals surface area contributed by atoms with Crippen LogP contribution in [0.3, 0.4) is 0 Å². The van der Waals surface area contributed by atoms with E-state index in [1.807, 2.05) is 0 Å². The van der Waals surface area contributed by atoms with Gasteiger partial charge in [-0.15, -0.1) is 0 Å². The maximum atomic E-state index is 11.4. The lowest BCUT2D eigenvalue weighted by Crippen LogP contribution is -2.26. The SMILES string of the molecule is CCCCCCCCNCCCC(=O)NC1CC1. The summed E-state index contributed by atoms with van der Waals surface area (Å²) in [5.41, 5.74) is 0. The molecule has 18 heavy (non-hydrogen) atoms. The average molecular weight is 254 g/mol. The van der Waals surface area contributed by atoms with Gasteiger partial charge in [-0.3, -0.25) is 4.79 Å². The topological polar surface area (TPSA) is 41.1 Å². The van der Waals surface area contributed by atoms with Gasteiger partial charge in [0.15, 0.2) is 0 Å². The number of carbonyl (C=O) groups excluding carboxylic acids is 1. The van der Waals surface area contributed by atoms with Crippen molar-refractivity contribution in [2.75, 3.05) is 13.1 Å². The molecule has 1 amide bonds. The van der Waals surface area contributed by atoms with Crippen LogP contribution in [0.15, 0.2) is 0 Å². The molecule has 3 heteroatoms. The van der Waals surface area contributed by atoms with Gasteiger partial charge < -0.3 is 10.6 Å². The standard InChI is InChI=1S/C15H30N2O/c1-2-3-4-5-6-7-12-16-13-8-9-15(18)17-14-10-11-14/h14,16H,2-13H2,1H3,(H,17,18). The van der Waals surface area contributed by atoms with Crippen LogP contribution in [-0.4, -0.2) is 25.0 Å². The Bertz CT molecular complexity index is 215. The molecule has 0 aromatic carbocycles. The van der Waals surface area contributed by atoms with E-state index in [0.29, 0.717) is 12.5 Å². The van der Waals surface area contributed by atoms with E-state index in [1.54, 1.807) is 0 Å². The first-order chi connectivity index (χ1) is 8.83. The van der Waals surface area contributed by atoms with E-state index >= 15 is 0 Å². The minimum atomic E-state index is 0.235. The van der Waals surface area contributed by atoms with Crippen molar-refractivity contribution in [1.82, 2.24) is 10.6 Å². The highest BCUT2D eigenvalue weighted by atomic mass is 16.1. The Morgan fingerprint density at radius 2 is 1.67 bits per heavy atom. The first-order valence-electron chi connectivity index (χ1n) is 7.83. The summed E-state index contributed by atoms with van der Waals surface area (Å²) >= 11 is 0. The van der Waals surface area contributed by atoms with Gasteiger partial charge in [0.25, 0.3) is 0 Å². The lowest BCUT2D eigenvalue weighted by molar-refractivity contribution is -0.121. The second-order valence-electron chi connectivity index (χ2n) is 5.46. The Morgan fingerprint density at radius 1 is 1.00 bits per heavy atom. The normalized spacial score (nSPS) is 14.7. The summed E-state index contributed by atoms with van der Waals surface area (Å²) in [4.78, 5) is 11.4. The highest BCUT2D eigenvalue weighted by molar-refractivity contribution is 5.76. The van der Waals surface area contributed by atoms with Gasteiger partial charge in [-0.05, 0) is 38.8 Å². The Kier molecular flexibility index (Phi) is 8.92. The maximum Gasteiger partial charge on any atom is 0.220 e. The van der Waals surface area contributed by atoms with Crippen molar-refractivity contribution in [3.05, 3.63) is 0 Å². The highest BCUT2D eigenvalue weighted by Crippen LogP contribution is 2.18. The van der Waals surface area contributed by atoms with Gasteiger partial charge in [0.05, 0.1) is 0 Å². The van der Waals surface area contributed by atoms with Crippen LogP contribution in [0.4, 0.5) is 0 Å². The Morgan fingerprint density at radius 3 is 2.39 bits per heavy atom. The first kappa shape index (κ1) is 15.5. The summed E-state index contributed by atoms with van der Waals surface area (Å²) in [5.74, 6) is 0.235. The van der Waals surface area contributed by atoms with Crippen molar-refractivity contribution < 1.29 is 4.79 Å². The average Bonchev–Trinajstić information content (AvgIpc) is 3.15. The third kappa shape index (κ3) is 9.46. The smallest absolute Gasteiger partial charge is 0.220 e. The van der Waals surface area contributed by atoms with Crippen molar-refractivity contribution >= 4 is 5.91 Å². The molecule has 1 fully saturated rings. The lowest BCUT2D eigenvalue weighted by atomic mass is 10.1. The molecule has 0 bridgehead atoms. The first-order valence-corrected chi connectivity index (χ1v) is 7.83. The van der Waals surface area contributed by atoms with Crippen LogP contribution in [0, 0.1) is 0 Å². The summed E-state index contributed by atoms with van der Waals surface area (Å²) in [6.45, 7) is 4.34. The van der Waals surface area contributed by atoms with E-state index in [-0.39, 0.29) is 5.91 Å². The van der Waals surface area contributed by atoms with Crippen molar-refractivity contribution in [3.8, 4) is 0 Å². The summed E-state index contributed by atoms with van der Waals surface area (Å²) < 4.78 is 0. The second kappa shape index (κ2) is 10.4. The van der Waals surface area contributed by atoms with Crippen molar-refractivity contribution in [2.24, 2.45) is 0 Å². The summed E-state index contributed by atoms with van der Waals surface area (Å²) in [5, 5.41) is 6.44. The van der Waals surface area contributed by atoms with Crippen LogP contribution in [0.5, 0.6) is 0 Å². The van der Waals surface area contributed by atoms with Crippen LogP contribution < -0.4 is 10.6 Å². The molecule has 0 aromatic rings. The van der Waals surface area contributed by atoms with E-state index in [2.05, 4.69) is 17.6 Å². The molecule has 0 aromatic heterocycles. The number of hydrogen-bond acceptors (Lipinski definition) is 2. The van der Waals surface area contributed by atoms with Crippen LogP contribution in [0.1, 0.15) is 71.1 Å². The molecule has 0 atom stereocenters. The molecule has 3 nitrogen and oxygen atoms in total. The molecule has 106 valence electrons. The number of carbonyl (C=O) groups is 1. The van der Waals surface area contributed by atoms with Gasteiger partial charge in [0, 0.05) is 12.5 Å². The van der Waals surface area contributed by atoms with Gasteiger partial charge in [-0.2, -0.15) is 0 Å². The molecule has 1 saturated carbocycles. The highest BCUT2D eigenvalue weighted by Gasteiger charge is 2.22. The quantitative estimate of drug-likeness (QED) is 0.526. The zero-order chi connectivity index (χ0) is 13.1. The van der Waals surface area contributed by atoms with Gasteiger partial charge in [-0.1, -0.05) is 39.0 Å². The molecule has 0 radical (unpaired) electrons. The fourth-order valence-corrected chi connectivity index (χ4v) is 2.06. The minimum absolute atomic E-state index is 0.235. The molecule has 1 aliphatic rings. The van der Waals surface area contributed by atoms with E-state index in [9.17, 15) is 4.79 Å². The van der Waals surface area contributed by atoms with Gasteiger partial charge >= 0.3 is 0 Å². The minimum Gasteiger partial charge on any atom is -0.353 e. The number of hydrogen-bond donors (Lipinski definition) is 2. The van der Waals surface area contributed by atoms with Crippen LogP contribution in [-0.2, 0) is 4.79 Å². The van der Waals surface area contributed by atoms with Crippen LogP contribution >= 0.6 is 0 Å². The van der Waals surface area contributed by atoms with E-state index in [0.717, 1.165) is 19.5 Å². The predicted molar refractivity (Wildman–Crippen MR) is 76.6 cm³/mol. The molecule has 0 unspecified atom stereocenters. The Balaban J connectivity index is 1.71. The molecule has 0 aliphatic heterocycles. The van der Waals surface area contributed by atoms with Gasteiger partial charge in [-0.25, -0.2) is 0 Å². The fourth-order valence-electron chi connectivity index (χ4n) is 2.06. The molecule has 1 aliphatic carbocycles. The number of nitrogens with one attached hydrogen (secondary N) is 2. The summed E-state index contributed by atoms with van der Waals surface area (Å²) in [6, 6.07) is 0.508. The lowest BCUT2D eigenvalue weighted by Gasteiger charge is -2.05. The summed E-state index contributed by atoms with van der Waals surface area (Å²) in [7, 11) is 0. The number of amides is 1. The second-order valence-corrected chi connectivity index (χ2v) is 5.46. The van der Waals surface area contributed by atoms with Crippen LogP contribution in [0.2, 0.25) is 0 Å². The third-order valence-electron chi connectivity index (χ3n) is 3.41. The molecule has 2 N–H and O–H groups in total. The Hall–Kier alpha value is -0.570. The van der Waals surface area contributed by atoms with Crippen molar-refractivity contribution in [1.29, 1.82) is 0 Å². The third-order valence-corrected chi connectivity index (χ3v) is 3.41. The van der Waals surface area contributed by atoms with Crippen molar-refractivity contribution in [2.45, 2.75) is 77.2 Å². The molecule has 1 rings (SSSR count). The zero-order valence-electron chi connectivity index (χ0n) is 12.0. The van der Waals surface area contributed by atoms with E-state index < -0.39 is 0 Å². The largest absolute Gasteiger partial charge is 0.353 e. The molecule has 0 heterocycles. The van der Waals surface area contributed by atoms with E-state index in [4.69, 9.17) is 0 Å². The van der Waals surface area contributed by atoms with Crippen molar-refractivity contribution in [3.63, 3.8) is 0 Å². The monoisotopic (exact) mass is 254 g/mol. The maximum absolute atomic E-state index is 11.4. The van der Waals surface area contributed by atoms with Crippen LogP contribution in [0.25, 0.3) is 0 Å². The molecule has 0 spiro atoms. The Labute approximate surface area is 112 Å². The number of unbranched alkanes of at least 4 members (excludes halogenated alkanes) is 5. The van der Waals surface area contributed by atoms with Gasteiger partial charge in [0.1, 0.15) is 0 Å². The molecular weight excluding hydrogens is 224 g/mol. The zero-order valence-corrected chi connectivity index (χ0v) is 12.0. The number of rotatable bonds is 12. The fraction of sp³-hybridized carbons (Fsp3) is 0.933.